The molecule has 0 saturated carbocycles. The third-order valence-electron chi connectivity index (χ3n) is 11.9. The van der Waals surface area contributed by atoms with Gasteiger partial charge in [0.2, 0.25) is 27.7 Å². The number of nitrogen functional groups attached to an aromatic ring is 1. The fourth-order valence-electron chi connectivity index (χ4n) is 8.25. The van der Waals surface area contributed by atoms with Gasteiger partial charge in [0, 0.05) is 74.3 Å². The Morgan fingerprint density at radius 1 is 0.970 bits per heavy atom. The van der Waals surface area contributed by atoms with Crippen LogP contribution in [0, 0.1) is 12.3 Å². The summed E-state index contributed by atoms with van der Waals surface area (Å²) in [6, 6.07) is 13.1. The van der Waals surface area contributed by atoms with E-state index in [9.17, 15) is 27.9 Å². The van der Waals surface area contributed by atoms with Crippen LogP contribution in [0.3, 0.4) is 0 Å². The van der Waals surface area contributed by atoms with Gasteiger partial charge in [-0.1, -0.05) is 70.0 Å². The van der Waals surface area contributed by atoms with Crippen LogP contribution < -0.4 is 21.1 Å². The molecule has 1 aliphatic rings. The number of rotatable bonds is 18. The molecule has 4 aromatic heterocycles. The van der Waals surface area contributed by atoms with Crippen LogP contribution in [0.2, 0.25) is 0 Å². The summed E-state index contributed by atoms with van der Waals surface area (Å²) in [5, 5.41) is 26.6. The van der Waals surface area contributed by atoms with Crippen LogP contribution in [0.5, 0.6) is 0 Å². The van der Waals surface area contributed by atoms with Crippen LogP contribution in [-0.2, 0) is 44.5 Å². The first-order valence-corrected chi connectivity index (χ1v) is 24.8. The Hall–Kier alpha value is -6.18. The highest BCUT2D eigenvalue weighted by atomic mass is 32.2. The van der Waals surface area contributed by atoms with Crippen molar-refractivity contribution in [3.8, 4) is 32.8 Å². The van der Waals surface area contributed by atoms with E-state index in [2.05, 4.69) is 30.4 Å². The summed E-state index contributed by atoms with van der Waals surface area (Å²) in [4.78, 5) is 52.2. The van der Waals surface area contributed by atoms with Crippen molar-refractivity contribution in [3.63, 3.8) is 0 Å². The Morgan fingerprint density at radius 2 is 1.68 bits per heavy atom. The van der Waals surface area contributed by atoms with E-state index < -0.39 is 33.6 Å². The number of pyridine rings is 1. The number of anilines is 2. The summed E-state index contributed by atoms with van der Waals surface area (Å²) in [5.74, 6) is -0.681. The molecule has 19 heteroatoms. The van der Waals surface area contributed by atoms with Gasteiger partial charge in [0.15, 0.2) is 0 Å². The lowest BCUT2D eigenvalue weighted by molar-refractivity contribution is -0.144. The molecule has 1 saturated heterocycles. The first-order chi connectivity index (χ1) is 31.4. The molecule has 6 N–H and O–H groups in total. The van der Waals surface area contributed by atoms with Crippen LogP contribution in [0.15, 0.2) is 72.6 Å². The second-order valence-corrected chi connectivity index (χ2v) is 20.8. The lowest BCUT2D eigenvalue weighted by Gasteiger charge is -2.35. The van der Waals surface area contributed by atoms with Gasteiger partial charge in [-0.15, -0.1) is 11.3 Å². The van der Waals surface area contributed by atoms with Crippen LogP contribution in [0.25, 0.3) is 43.7 Å². The first kappa shape index (κ1) is 47.8. The lowest BCUT2D eigenvalue weighted by atomic mass is 9.85. The highest BCUT2D eigenvalue weighted by molar-refractivity contribution is 7.92. The lowest BCUT2D eigenvalue weighted by Crippen LogP contribution is -2.57. The molecule has 1 unspecified atom stereocenters. The SMILES string of the molecule is CCS(=O)(=O)Nc1ccc(-c2nn(C)c3c(-c4cnn(CCCCCCC(=O)NC(C(=O)N5C[C@H](O)C[C@H]5C(=O)NCc5ccc(-c6scnc6C)cc5)C(C)(C)C)c4)cnc(N)c23)cc1. The number of carbonyl (C=O) groups is 3. The van der Waals surface area contributed by atoms with Crippen LogP contribution in [0.1, 0.15) is 77.5 Å². The van der Waals surface area contributed by atoms with Crippen molar-refractivity contribution in [2.75, 3.05) is 22.8 Å². The molecule has 0 spiro atoms. The number of nitrogens with zero attached hydrogens (tertiary/aromatic N) is 7. The Kier molecular flexibility index (Phi) is 14.6. The second-order valence-electron chi connectivity index (χ2n) is 17.9. The molecule has 1 fully saturated rings. The average Bonchev–Trinajstić information content (AvgIpc) is 4.10. The number of aliphatic hydroxyl groups is 1. The zero-order valence-corrected chi connectivity index (χ0v) is 39.9. The molecule has 350 valence electrons. The van der Waals surface area contributed by atoms with Gasteiger partial charge in [0.25, 0.3) is 0 Å². The number of nitrogens with two attached hydrogens (primary N) is 1. The number of β-amino-alcohol motifs (C(OH)–C–C–N with tert-alkyl or cyclic N) is 1. The minimum atomic E-state index is -3.41. The molecule has 0 radical (unpaired) electrons. The highest BCUT2D eigenvalue weighted by Gasteiger charge is 2.44. The number of hydrogen-bond donors (Lipinski definition) is 5. The predicted octanol–water partition coefficient (Wildman–Crippen LogP) is 6.03. The first-order valence-electron chi connectivity index (χ1n) is 22.2. The highest BCUT2D eigenvalue weighted by Crippen LogP contribution is 2.37. The Bertz CT molecular complexity index is 2790. The van der Waals surface area contributed by atoms with Gasteiger partial charge in [-0.2, -0.15) is 10.2 Å². The van der Waals surface area contributed by atoms with Crippen molar-refractivity contribution in [3.05, 3.63) is 83.9 Å². The summed E-state index contributed by atoms with van der Waals surface area (Å²) in [7, 11) is -1.57. The smallest absolute Gasteiger partial charge is 0.246 e. The van der Waals surface area contributed by atoms with Gasteiger partial charge in [-0.05, 0) is 55.4 Å². The number of unbranched alkanes of at least 4 members (excludes halogenated alkanes) is 3. The Labute approximate surface area is 389 Å². The maximum absolute atomic E-state index is 14.1. The minimum Gasteiger partial charge on any atom is -0.391 e. The van der Waals surface area contributed by atoms with E-state index in [1.807, 2.05) is 75.4 Å². The number of aryl methyl sites for hydroxylation is 3. The Balaban J connectivity index is 0.887. The van der Waals surface area contributed by atoms with Crippen molar-refractivity contribution in [1.29, 1.82) is 0 Å². The van der Waals surface area contributed by atoms with Crippen LogP contribution in [0.4, 0.5) is 11.5 Å². The molecule has 3 atom stereocenters. The largest absolute Gasteiger partial charge is 0.391 e. The molecule has 66 heavy (non-hydrogen) atoms. The van der Waals surface area contributed by atoms with Gasteiger partial charge in [-0.3, -0.25) is 28.5 Å². The van der Waals surface area contributed by atoms with Crippen molar-refractivity contribution in [2.45, 2.75) is 104 Å². The van der Waals surface area contributed by atoms with Gasteiger partial charge in [0.05, 0.1) is 45.0 Å². The molecule has 17 nitrogen and oxygen atoms in total. The maximum atomic E-state index is 14.1. The third kappa shape index (κ3) is 11.1. The molecule has 5 heterocycles. The van der Waals surface area contributed by atoms with Crippen LogP contribution >= 0.6 is 11.3 Å². The topological polar surface area (TPSA) is 232 Å². The maximum Gasteiger partial charge on any atom is 0.246 e. The normalized spacial score (nSPS) is 15.8. The number of likely N-dealkylation sites (tertiary alicyclic amines) is 1. The van der Waals surface area contributed by atoms with E-state index >= 15 is 0 Å². The number of sulfonamides is 1. The van der Waals surface area contributed by atoms with Crippen molar-refractivity contribution in [2.24, 2.45) is 12.5 Å². The third-order valence-corrected chi connectivity index (χ3v) is 14.2. The number of fused-ring (bicyclic) bond motifs is 1. The predicted molar refractivity (Wildman–Crippen MR) is 257 cm³/mol. The number of nitrogens with one attached hydrogen (secondary N) is 3. The number of hydrogen-bond acceptors (Lipinski definition) is 12. The zero-order valence-electron chi connectivity index (χ0n) is 38.2. The number of aromatic nitrogens is 6. The molecular weight excluding hydrogens is 879 g/mol. The molecule has 3 amide bonds. The monoisotopic (exact) mass is 937 g/mol. The van der Waals surface area contributed by atoms with Crippen molar-refractivity contribution >= 4 is 61.5 Å². The standard InChI is InChI=1S/C47H59N11O6S2/c1-7-66(63,64)55-34-19-17-31(18-20-34)40-39-41(56(6)54-40)36(25-49-44(39)48)33-24-52-57(26-33)21-11-9-8-10-12-38(60)53-43(47(3,4)5)46(62)58-27-35(59)22-37(58)45(61)50-23-30-13-15-32(16-14-30)42-29(2)51-28-65-42/h13-20,24-26,28,35,37,43,55,59H,7-12,21-23,27H2,1-6H3,(H2,48,49)(H,50,61)(H,53,60)/t35-,37+,43?/m1/s1. The number of thiazole rings is 1. The van der Waals surface area contributed by atoms with E-state index in [-0.39, 0.29) is 49.4 Å². The second kappa shape index (κ2) is 20.1. The number of aliphatic hydroxyl groups excluding tert-OH is 1. The molecule has 7 rings (SSSR count). The van der Waals surface area contributed by atoms with E-state index in [0.717, 1.165) is 63.2 Å². The minimum absolute atomic E-state index is 0.0104. The summed E-state index contributed by atoms with van der Waals surface area (Å²) >= 11 is 1.58. The van der Waals surface area contributed by atoms with E-state index in [4.69, 9.17) is 10.8 Å². The van der Waals surface area contributed by atoms with E-state index in [0.29, 0.717) is 35.6 Å². The summed E-state index contributed by atoms with van der Waals surface area (Å²) in [6.07, 6.45) is 8.10. The van der Waals surface area contributed by atoms with E-state index in [1.54, 1.807) is 59.6 Å². The van der Waals surface area contributed by atoms with Gasteiger partial charge >= 0.3 is 0 Å². The fourth-order valence-corrected chi connectivity index (χ4v) is 9.70. The Morgan fingerprint density at radius 3 is 2.36 bits per heavy atom. The summed E-state index contributed by atoms with van der Waals surface area (Å²) in [5.41, 5.74) is 14.8. The van der Waals surface area contributed by atoms with Gasteiger partial charge < -0.3 is 26.4 Å². The summed E-state index contributed by atoms with van der Waals surface area (Å²) < 4.78 is 30.3. The zero-order chi connectivity index (χ0) is 47.3. The number of benzene rings is 2. The molecule has 1 aliphatic heterocycles. The molecular formula is C47H59N11O6S2. The van der Waals surface area contributed by atoms with Crippen LogP contribution in [-0.4, -0.2) is 96.2 Å². The van der Waals surface area contributed by atoms with Crippen molar-refractivity contribution < 1.29 is 27.9 Å². The quantitative estimate of drug-likeness (QED) is 0.0624. The average molecular weight is 938 g/mol. The van der Waals surface area contributed by atoms with E-state index in [1.165, 1.54) is 4.90 Å². The molecule has 0 bridgehead atoms. The fraction of sp³-hybridized carbons (Fsp3) is 0.426. The van der Waals surface area contributed by atoms with Gasteiger partial charge in [-0.25, -0.2) is 18.4 Å². The number of amides is 3. The van der Waals surface area contributed by atoms with Crippen molar-refractivity contribution in [1.82, 2.24) is 45.1 Å². The molecule has 6 aromatic rings. The molecule has 2 aromatic carbocycles. The molecule has 0 aliphatic carbocycles. The van der Waals surface area contributed by atoms with Gasteiger partial charge in [0.1, 0.15) is 23.6 Å². The number of carbonyl (C=O) groups excluding carboxylic acids is 3. The summed E-state index contributed by atoms with van der Waals surface area (Å²) in [6.45, 7) is 10.1.